The van der Waals surface area contributed by atoms with Gasteiger partial charge in [0.05, 0.1) is 23.2 Å². The molecule has 0 saturated heterocycles. The number of aromatic nitrogens is 1. The van der Waals surface area contributed by atoms with Gasteiger partial charge in [0.15, 0.2) is 0 Å². The molecule has 0 aliphatic heterocycles. The molecule has 1 aromatic heterocycles. The summed E-state index contributed by atoms with van der Waals surface area (Å²) in [7, 11) is -6.98. The number of pyridine rings is 1. The molecule has 2 aromatic rings. The van der Waals surface area contributed by atoms with E-state index in [1.165, 1.54) is 4.31 Å². The number of para-hydroxylation sites is 1. The lowest BCUT2D eigenvalue weighted by atomic mass is 10.2. The summed E-state index contributed by atoms with van der Waals surface area (Å²) < 4.78 is 51.8. The van der Waals surface area contributed by atoms with E-state index in [2.05, 4.69) is 9.71 Å². The Balaban J connectivity index is 2.23. The van der Waals surface area contributed by atoms with Crippen molar-refractivity contribution in [2.45, 2.75) is 19.8 Å². The minimum atomic E-state index is -3.59. The Labute approximate surface area is 149 Å². The van der Waals surface area contributed by atoms with Crippen LogP contribution < -0.4 is 9.03 Å². The Bertz CT molecular complexity index is 922. The first-order valence-corrected chi connectivity index (χ1v) is 11.5. The van der Waals surface area contributed by atoms with Gasteiger partial charge in [-0.3, -0.25) is 9.29 Å². The van der Waals surface area contributed by atoms with E-state index < -0.39 is 20.0 Å². The number of hydrogen-bond acceptors (Lipinski definition) is 5. The molecule has 9 heteroatoms. The summed E-state index contributed by atoms with van der Waals surface area (Å²) >= 11 is 0. The third-order valence-electron chi connectivity index (χ3n) is 3.68. The normalized spacial score (nSPS) is 12.4. The predicted molar refractivity (Wildman–Crippen MR) is 101 cm³/mol. The van der Waals surface area contributed by atoms with Crippen LogP contribution in [0.4, 0.5) is 5.69 Å². The molecule has 0 spiro atoms. The van der Waals surface area contributed by atoms with E-state index in [1.807, 2.05) is 19.1 Å². The van der Waals surface area contributed by atoms with Crippen LogP contribution in [0.15, 0.2) is 36.5 Å². The Morgan fingerprint density at radius 3 is 2.52 bits per heavy atom. The average Bonchev–Trinajstić information content (AvgIpc) is 2.55. The van der Waals surface area contributed by atoms with Crippen LogP contribution in [0.3, 0.4) is 0 Å². The number of anilines is 1. The molecule has 25 heavy (non-hydrogen) atoms. The number of rotatable bonds is 9. The zero-order chi connectivity index (χ0) is 18.5. The summed E-state index contributed by atoms with van der Waals surface area (Å²) in [5.41, 5.74) is 0.998. The fourth-order valence-corrected chi connectivity index (χ4v) is 4.61. The first kappa shape index (κ1) is 19.6. The summed E-state index contributed by atoms with van der Waals surface area (Å²) in [5.74, 6) is 0.0399. The van der Waals surface area contributed by atoms with Crippen LogP contribution in [0.5, 0.6) is 0 Å². The molecular formula is C16H23N3O4S2. The van der Waals surface area contributed by atoms with Crippen molar-refractivity contribution < 1.29 is 16.8 Å². The number of fused-ring (bicyclic) bond motifs is 1. The lowest BCUT2D eigenvalue weighted by Crippen LogP contribution is -2.39. The maximum Gasteiger partial charge on any atom is 0.232 e. The number of benzene rings is 1. The van der Waals surface area contributed by atoms with Gasteiger partial charge in [0, 0.05) is 24.7 Å². The largest absolute Gasteiger partial charge is 0.267 e. The number of nitrogens with one attached hydrogen (secondary N) is 1. The van der Waals surface area contributed by atoms with Crippen LogP contribution in [0.1, 0.15) is 19.8 Å². The molecule has 7 nitrogen and oxygen atoms in total. The van der Waals surface area contributed by atoms with Crippen LogP contribution in [0.25, 0.3) is 10.9 Å². The van der Waals surface area contributed by atoms with Crippen molar-refractivity contribution in [3.8, 4) is 0 Å². The van der Waals surface area contributed by atoms with Crippen LogP contribution in [0, 0.1) is 0 Å². The summed E-state index contributed by atoms with van der Waals surface area (Å²) in [4.78, 5) is 4.27. The highest BCUT2D eigenvalue weighted by Gasteiger charge is 2.20. The van der Waals surface area contributed by atoms with E-state index >= 15 is 0 Å². The smallest absolute Gasteiger partial charge is 0.232 e. The minimum absolute atomic E-state index is 0.000123. The highest BCUT2D eigenvalue weighted by atomic mass is 32.2. The van der Waals surface area contributed by atoms with Crippen molar-refractivity contribution >= 4 is 36.6 Å². The van der Waals surface area contributed by atoms with E-state index in [4.69, 9.17) is 0 Å². The zero-order valence-electron chi connectivity index (χ0n) is 14.3. The van der Waals surface area contributed by atoms with Crippen LogP contribution >= 0.6 is 0 Å². The van der Waals surface area contributed by atoms with Crippen LogP contribution in [0.2, 0.25) is 0 Å². The molecule has 1 aromatic carbocycles. The lowest BCUT2D eigenvalue weighted by Gasteiger charge is -2.23. The third kappa shape index (κ3) is 5.38. The lowest BCUT2D eigenvalue weighted by molar-refractivity contribution is 0.575. The minimum Gasteiger partial charge on any atom is -0.267 e. The topological polar surface area (TPSA) is 96.4 Å². The second-order valence-corrected chi connectivity index (χ2v) is 9.59. The van der Waals surface area contributed by atoms with Gasteiger partial charge < -0.3 is 0 Å². The molecule has 0 bridgehead atoms. The van der Waals surface area contributed by atoms with Crippen molar-refractivity contribution in [3.05, 3.63) is 36.5 Å². The molecule has 0 unspecified atom stereocenters. The molecule has 138 valence electrons. The Hall–Kier alpha value is -1.71. The van der Waals surface area contributed by atoms with Crippen molar-refractivity contribution in [2.24, 2.45) is 0 Å². The van der Waals surface area contributed by atoms with Gasteiger partial charge in [0.25, 0.3) is 0 Å². The van der Waals surface area contributed by atoms with E-state index in [9.17, 15) is 16.8 Å². The fraction of sp³-hybridized carbons (Fsp3) is 0.438. The Morgan fingerprint density at radius 2 is 1.84 bits per heavy atom. The van der Waals surface area contributed by atoms with Gasteiger partial charge in [-0.15, -0.1) is 0 Å². The summed E-state index contributed by atoms with van der Waals surface area (Å²) in [6, 6.07) is 8.89. The highest BCUT2D eigenvalue weighted by Crippen LogP contribution is 2.26. The third-order valence-corrected chi connectivity index (χ3v) is 6.33. The molecule has 0 atom stereocenters. The number of nitrogens with zero attached hydrogens (tertiary/aromatic N) is 2. The van der Waals surface area contributed by atoms with E-state index in [-0.39, 0.29) is 18.8 Å². The summed E-state index contributed by atoms with van der Waals surface area (Å²) in [6.07, 6.45) is 4.04. The van der Waals surface area contributed by atoms with Gasteiger partial charge in [-0.1, -0.05) is 31.5 Å². The number of sulfonamides is 2. The second-order valence-electron chi connectivity index (χ2n) is 5.75. The van der Waals surface area contributed by atoms with Gasteiger partial charge in [-0.25, -0.2) is 21.6 Å². The molecule has 1 N–H and O–H groups in total. The molecule has 0 amide bonds. The zero-order valence-corrected chi connectivity index (χ0v) is 16.0. The van der Waals surface area contributed by atoms with Gasteiger partial charge in [0.2, 0.25) is 20.0 Å². The van der Waals surface area contributed by atoms with Crippen LogP contribution in [-0.2, 0) is 20.0 Å². The van der Waals surface area contributed by atoms with Gasteiger partial charge in [0.1, 0.15) is 0 Å². The first-order chi connectivity index (χ1) is 11.7. The first-order valence-electron chi connectivity index (χ1n) is 8.03. The predicted octanol–water partition coefficient (Wildman–Crippen LogP) is 1.72. The van der Waals surface area contributed by atoms with Crippen molar-refractivity contribution in [1.82, 2.24) is 9.71 Å². The van der Waals surface area contributed by atoms with Gasteiger partial charge in [-0.2, -0.15) is 0 Å². The SMILES string of the molecule is CCCCS(=O)(=O)NCCN(c1cccc2cccnc12)S(C)(=O)=O. The second kappa shape index (κ2) is 8.11. The monoisotopic (exact) mass is 385 g/mol. The quantitative estimate of drug-likeness (QED) is 0.709. The maximum absolute atomic E-state index is 12.2. The number of unbranched alkanes of at least 4 members (excludes halogenated alkanes) is 1. The molecule has 0 aliphatic rings. The fourth-order valence-electron chi connectivity index (χ4n) is 2.46. The summed E-state index contributed by atoms with van der Waals surface area (Å²) in [5, 5.41) is 0.817. The highest BCUT2D eigenvalue weighted by molar-refractivity contribution is 7.92. The standard InChI is InChI=1S/C16H23N3O4S2/c1-3-4-13-25(22,23)18-11-12-19(24(2,20)21)15-9-5-7-14-8-6-10-17-16(14)15/h5-10,18H,3-4,11-13H2,1-2H3. The Morgan fingerprint density at radius 1 is 1.12 bits per heavy atom. The van der Waals surface area contributed by atoms with E-state index in [0.717, 1.165) is 18.1 Å². The molecule has 0 saturated carbocycles. The van der Waals surface area contributed by atoms with Crippen molar-refractivity contribution in [2.75, 3.05) is 29.4 Å². The molecule has 0 radical (unpaired) electrons. The molecule has 0 aliphatic carbocycles. The van der Waals surface area contributed by atoms with Gasteiger partial charge in [-0.05, 0) is 18.6 Å². The average molecular weight is 386 g/mol. The van der Waals surface area contributed by atoms with Crippen molar-refractivity contribution in [3.63, 3.8) is 0 Å². The summed E-state index contributed by atoms with van der Waals surface area (Å²) in [6.45, 7) is 1.91. The van der Waals surface area contributed by atoms with E-state index in [0.29, 0.717) is 17.6 Å². The van der Waals surface area contributed by atoms with Crippen LogP contribution in [-0.4, -0.2) is 46.9 Å². The number of hydrogen-bond donors (Lipinski definition) is 1. The molecule has 2 rings (SSSR count). The van der Waals surface area contributed by atoms with E-state index in [1.54, 1.807) is 24.4 Å². The molecular weight excluding hydrogens is 362 g/mol. The molecule has 1 heterocycles. The Kier molecular flexibility index (Phi) is 6.36. The maximum atomic E-state index is 12.2. The van der Waals surface area contributed by atoms with Gasteiger partial charge >= 0.3 is 0 Å². The van der Waals surface area contributed by atoms with Crippen molar-refractivity contribution in [1.29, 1.82) is 0 Å². The molecule has 0 fully saturated rings.